The average molecular weight is 395 g/mol. The van der Waals surface area contributed by atoms with Crippen LogP contribution in [0.25, 0.3) is 0 Å². The number of rotatable bonds is 9. The summed E-state index contributed by atoms with van der Waals surface area (Å²) in [4.78, 5) is 10.5. The maximum atomic E-state index is 10.5. The Kier molecular flexibility index (Phi) is 8.33. The van der Waals surface area contributed by atoms with E-state index in [0.717, 1.165) is 24.0 Å². The van der Waals surface area contributed by atoms with E-state index in [1.165, 1.54) is 0 Å². The number of aliphatic hydroxyl groups excluding tert-OH is 2. The summed E-state index contributed by atoms with van der Waals surface area (Å²) in [5.41, 5.74) is 1.94. The van der Waals surface area contributed by atoms with Crippen molar-refractivity contribution in [1.82, 2.24) is 0 Å². The molecule has 5 heteroatoms. The first-order valence-electron chi connectivity index (χ1n) is 9.78. The topological polar surface area (TPSA) is 77.8 Å². The molecule has 0 amide bonds. The molecule has 0 radical (unpaired) electrons. The quantitative estimate of drug-likeness (QED) is 0.323. The highest BCUT2D eigenvalue weighted by atomic mass is 35.5. The number of allylic oxidation sites excluding steroid dienone is 2. The summed E-state index contributed by atoms with van der Waals surface area (Å²) in [6.45, 7) is 3.96. The van der Waals surface area contributed by atoms with Crippen LogP contribution in [-0.4, -0.2) is 32.8 Å². The summed E-state index contributed by atoms with van der Waals surface area (Å²) in [6.07, 6.45) is 5.99. The number of aliphatic hydroxyl groups is 2. The zero-order valence-electron chi connectivity index (χ0n) is 16.1. The number of carbonyl (C=O) groups is 1. The number of hydrogen-bond acceptors (Lipinski definition) is 3. The molecule has 1 fully saturated rings. The lowest BCUT2D eigenvalue weighted by molar-refractivity contribution is -0.137. The number of halogens is 1. The molecule has 1 aromatic rings. The zero-order valence-corrected chi connectivity index (χ0v) is 16.8. The van der Waals surface area contributed by atoms with Gasteiger partial charge in [0.15, 0.2) is 0 Å². The minimum Gasteiger partial charge on any atom is -0.481 e. The SMILES string of the molecule is CC(C)C(O)c1ccc(C2C(O)CC(Cl)C2C/C=C/CCCC(=O)O)cc1. The Labute approximate surface area is 166 Å². The van der Waals surface area contributed by atoms with Gasteiger partial charge in [0.25, 0.3) is 0 Å². The van der Waals surface area contributed by atoms with Gasteiger partial charge in [0.2, 0.25) is 0 Å². The lowest BCUT2D eigenvalue weighted by Gasteiger charge is -2.24. The molecule has 0 saturated heterocycles. The maximum Gasteiger partial charge on any atom is 0.303 e. The van der Waals surface area contributed by atoms with Crippen LogP contribution in [0, 0.1) is 11.8 Å². The molecule has 5 atom stereocenters. The molecule has 0 aromatic heterocycles. The van der Waals surface area contributed by atoms with Gasteiger partial charge in [-0.2, -0.15) is 0 Å². The largest absolute Gasteiger partial charge is 0.481 e. The Bertz CT molecular complexity index is 626. The second-order valence-corrected chi connectivity index (χ2v) is 8.42. The zero-order chi connectivity index (χ0) is 20.0. The molecule has 0 heterocycles. The average Bonchev–Trinajstić information content (AvgIpc) is 2.90. The third kappa shape index (κ3) is 6.06. The van der Waals surface area contributed by atoms with E-state index in [-0.39, 0.29) is 29.6 Å². The van der Waals surface area contributed by atoms with E-state index < -0.39 is 18.2 Å². The van der Waals surface area contributed by atoms with E-state index in [9.17, 15) is 15.0 Å². The van der Waals surface area contributed by atoms with Crippen LogP contribution in [0.4, 0.5) is 0 Å². The highest BCUT2D eigenvalue weighted by Gasteiger charge is 2.41. The van der Waals surface area contributed by atoms with Crippen molar-refractivity contribution in [2.24, 2.45) is 11.8 Å². The molecule has 1 saturated carbocycles. The number of unbranched alkanes of at least 4 members (excludes halogenated alkanes) is 1. The number of benzene rings is 1. The van der Waals surface area contributed by atoms with Crippen molar-refractivity contribution >= 4 is 17.6 Å². The van der Waals surface area contributed by atoms with Crippen molar-refractivity contribution in [3.8, 4) is 0 Å². The summed E-state index contributed by atoms with van der Waals surface area (Å²) in [7, 11) is 0. The van der Waals surface area contributed by atoms with Gasteiger partial charge in [-0.15, -0.1) is 11.6 Å². The second kappa shape index (κ2) is 10.3. The van der Waals surface area contributed by atoms with Crippen LogP contribution in [0.1, 0.15) is 69.1 Å². The van der Waals surface area contributed by atoms with E-state index in [2.05, 4.69) is 6.08 Å². The molecule has 150 valence electrons. The molecule has 5 unspecified atom stereocenters. The summed E-state index contributed by atoms with van der Waals surface area (Å²) in [6, 6.07) is 7.86. The minimum atomic E-state index is -0.769. The first-order chi connectivity index (χ1) is 12.8. The van der Waals surface area contributed by atoms with Crippen molar-refractivity contribution < 1.29 is 20.1 Å². The summed E-state index contributed by atoms with van der Waals surface area (Å²) in [5, 5.41) is 29.3. The third-order valence-corrected chi connectivity index (χ3v) is 5.94. The molecular weight excluding hydrogens is 364 g/mol. The van der Waals surface area contributed by atoms with Gasteiger partial charge in [-0.05, 0) is 48.6 Å². The minimum absolute atomic E-state index is 0.0265. The third-order valence-electron chi connectivity index (χ3n) is 5.44. The van der Waals surface area contributed by atoms with Crippen LogP contribution in [0.2, 0.25) is 0 Å². The van der Waals surface area contributed by atoms with E-state index in [0.29, 0.717) is 12.8 Å². The normalized spacial score (nSPS) is 26.7. The van der Waals surface area contributed by atoms with Crippen LogP contribution in [0.5, 0.6) is 0 Å². The Morgan fingerprint density at radius 1 is 1.26 bits per heavy atom. The van der Waals surface area contributed by atoms with Gasteiger partial charge in [0, 0.05) is 17.7 Å². The molecule has 4 nitrogen and oxygen atoms in total. The smallest absolute Gasteiger partial charge is 0.303 e. The Morgan fingerprint density at radius 3 is 2.52 bits per heavy atom. The van der Waals surface area contributed by atoms with Crippen LogP contribution < -0.4 is 0 Å². The first kappa shape index (κ1) is 21.9. The van der Waals surface area contributed by atoms with E-state index in [1.807, 2.05) is 44.2 Å². The van der Waals surface area contributed by atoms with E-state index in [4.69, 9.17) is 16.7 Å². The van der Waals surface area contributed by atoms with Crippen LogP contribution in [-0.2, 0) is 4.79 Å². The van der Waals surface area contributed by atoms with Crippen molar-refractivity contribution in [3.05, 3.63) is 47.5 Å². The summed E-state index contributed by atoms with van der Waals surface area (Å²) >= 11 is 6.51. The fraction of sp³-hybridized carbons (Fsp3) is 0.591. The number of carboxylic acid groups (broad SMARTS) is 1. The summed E-state index contributed by atoms with van der Waals surface area (Å²) < 4.78 is 0. The van der Waals surface area contributed by atoms with Crippen LogP contribution in [0.3, 0.4) is 0 Å². The predicted molar refractivity (Wildman–Crippen MR) is 108 cm³/mol. The Hall–Kier alpha value is -1.36. The van der Waals surface area contributed by atoms with Gasteiger partial charge in [0.05, 0.1) is 12.2 Å². The van der Waals surface area contributed by atoms with Crippen molar-refractivity contribution in [2.45, 2.75) is 69.5 Å². The molecule has 3 N–H and O–H groups in total. The van der Waals surface area contributed by atoms with Gasteiger partial charge in [-0.3, -0.25) is 4.79 Å². The standard InChI is InChI=1S/C22H31ClO4/c1-14(2)22(27)16-11-9-15(10-12-16)21-17(18(23)13-19(21)24)7-5-3-4-6-8-20(25)26/h3,5,9-12,14,17-19,21-22,24,27H,4,6-8,13H2,1-2H3,(H,25,26)/b5-3+. The highest BCUT2D eigenvalue weighted by Crippen LogP contribution is 2.45. The molecule has 1 aliphatic carbocycles. The predicted octanol–water partition coefficient (Wildman–Crippen LogP) is 4.65. The highest BCUT2D eigenvalue weighted by molar-refractivity contribution is 6.21. The number of hydrogen-bond donors (Lipinski definition) is 3. The fourth-order valence-electron chi connectivity index (χ4n) is 3.87. The molecule has 2 rings (SSSR count). The number of aliphatic carboxylic acids is 1. The molecule has 1 aliphatic rings. The van der Waals surface area contributed by atoms with Gasteiger partial charge in [0.1, 0.15) is 0 Å². The molecule has 0 spiro atoms. The van der Waals surface area contributed by atoms with E-state index >= 15 is 0 Å². The Balaban J connectivity index is 2.02. The molecular formula is C22H31ClO4. The number of carboxylic acids is 1. The van der Waals surface area contributed by atoms with Gasteiger partial charge >= 0.3 is 5.97 Å². The summed E-state index contributed by atoms with van der Waals surface area (Å²) in [5.74, 6) is -0.506. The molecule has 27 heavy (non-hydrogen) atoms. The van der Waals surface area contributed by atoms with Gasteiger partial charge in [-0.1, -0.05) is 50.3 Å². The molecule has 1 aromatic carbocycles. The van der Waals surface area contributed by atoms with Crippen molar-refractivity contribution in [3.63, 3.8) is 0 Å². The van der Waals surface area contributed by atoms with Crippen molar-refractivity contribution in [1.29, 1.82) is 0 Å². The second-order valence-electron chi connectivity index (χ2n) is 7.86. The molecule has 0 aliphatic heterocycles. The van der Waals surface area contributed by atoms with Crippen molar-refractivity contribution in [2.75, 3.05) is 0 Å². The molecule has 0 bridgehead atoms. The van der Waals surface area contributed by atoms with E-state index in [1.54, 1.807) is 0 Å². The Morgan fingerprint density at radius 2 is 1.93 bits per heavy atom. The lowest BCUT2D eigenvalue weighted by Crippen LogP contribution is -2.18. The first-order valence-corrected chi connectivity index (χ1v) is 10.2. The van der Waals surface area contributed by atoms with Crippen LogP contribution in [0.15, 0.2) is 36.4 Å². The van der Waals surface area contributed by atoms with Gasteiger partial charge < -0.3 is 15.3 Å². The van der Waals surface area contributed by atoms with Crippen LogP contribution >= 0.6 is 11.6 Å². The monoisotopic (exact) mass is 394 g/mol. The number of alkyl halides is 1. The maximum absolute atomic E-state index is 10.5. The fourth-order valence-corrected chi connectivity index (χ4v) is 4.31. The lowest BCUT2D eigenvalue weighted by atomic mass is 9.84. The van der Waals surface area contributed by atoms with Gasteiger partial charge in [-0.25, -0.2) is 0 Å².